The summed E-state index contributed by atoms with van der Waals surface area (Å²) in [5.74, 6) is -1.10. The summed E-state index contributed by atoms with van der Waals surface area (Å²) in [6.07, 6.45) is 3.04. The smallest absolute Gasteiger partial charge is 0.223 e. The summed E-state index contributed by atoms with van der Waals surface area (Å²) in [7, 11) is 0. The van der Waals surface area contributed by atoms with Crippen LogP contribution in [-0.4, -0.2) is 19.0 Å². The number of carbonyl (C=O) groups excluding carboxylic acids is 1. The van der Waals surface area contributed by atoms with Gasteiger partial charge in [-0.1, -0.05) is 18.2 Å². The van der Waals surface area contributed by atoms with Crippen LogP contribution in [0.4, 0.5) is 8.78 Å². The molecule has 2 N–H and O–H groups in total. The summed E-state index contributed by atoms with van der Waals surface area (Å²) < 4.78 is 33.2. The highest BCUT2D eigenvalue weighted by Gasteiger charge is 2.57. The summed E-state index contributed by atoms with van der Waals surface area (Å²) >= 11 is 0. The van der Waals surface area contributed by atoms with Crippen LogP contribution in [0.1, 0.15) is 24.8 Å². The lowest BCUT2D eigenvalue weighted by Crippen LogP contribution is -2.33. The zero-order valence-corrected chi connectivity index (χ0v) is 16.2. The Kier molecular flexibility index (Phi) is 6.20. The fourth-order valence-electron chi connectivity index (χ4n) is 3.89. The third kappa shape index (κ3) is 4.28. The maximum Gasteiger partial charge on any atom is 0.223 e. The molecule has 2 aromatic carbocycles. The molecule has 1 heterocycles. The van der Waals surface area contributed by atoms with Crippen molar-refractivity contribution in [1.29, 1.82) is 0 Å². The molecule has 4 nitrogen and oxygen atoms in total. The summed E-state index contributed by atoms with van der Waals surface area (Å²) in [5, 5.41) is 6.23. The monoisotopic (exact) mass is 408 g/mol. The molecule has 1 saturated heterocycles. The molecule has 7 heteroatoms. The van der Waals surface area contributed by atoms with Crippen LogP contribution in [0, 0.1) is 23.0 Å². The van der Waals surface area contributed by atoms with Gasteiger partial charge in [-0.15, -0.1) is 12.4 Å². The molecule has 1 aliphatic carbocycles. The molecule has 2 aromatic rings. The molecule has 0 radical (unpaired) electrons. The van der Waals surface area contributed by atoms with E-state index in [9.17, 15) is 13.6 Å². The van der Waals surface area contributed by atoms with Crippen molar-refractivity contribution in [1.82, 2.24) is 10.6 Å². The van der Waals surface area contributed by atoms with Crippen LogP contribution in [0.3, 0.4) is 0 Å². The molecule has 0 aromatic heterocycles. The zero-order valence-electron chi connectivity index (χ0n) is 15.3. The first-order valence-electron chi connectivity index (χ1n) is 9.27. The van der Waals surface area contributed by atoms with Crippen LogP contribution in [0.5, 0.6) is 11.5 Å². The van der Waals surface area contributed by atoms with Crippen molar-refractivity contribution in [3.05, 3.63) is 59.7 Å². The average Bonchev–Trinajstić information content (AvgIpc) is 3.37. The van der Waals surface area contributed by atoms with E-state index in [2.05, 4.69) is 10.6 Å². The highest BCUT2D eigenvalue weighted by Crippen LogP contribution is 2.58. The SMILES string of the molecule is Cl.O=C(NCc1ccc(Oc2ccccc2F)c(F)c1)C1CC12CCNCC2. The van der Waals surface area contributed by atoms with E-state index >= 15 is 0 Å². The van der Waals surface area contributed by atoms with E-state index in [0.29, 0.717) is 5.56 Å². The van der Waals surface area contributed by atoms with Gasteiger partial charge in [-0.05, 0) is 67.6 Å². The van der Waals surface area contributed by atoms with E-state index < -0.39 is 11.6 Å². The van der Waals surface area contributed by atoms with Crippen molar-refractivity contribution < 1.29 is 18.3 Å². The van der Waals surface area contributed by atoms with Gasteiger partial charge < -0.3 is 15.4 Å². The molecule has 150 valence electrons. The minimum Gasteiger partial charge on any atom is -0.451 e. The van der Waals surface area contributed by atoms with Crippen LogP contribution < -0.4 is 15.4 Å². The van der Waals surface area contributed by atoms with Gasteiger partial charge in [0.2, 0.25) is 5.91 Å². The van der Waals surface area contributed by atoms with E-state index in [-0.39, 0.29) is 47.7 Å². The summed E-state index contributed by atoms with van der Waals surface area (Å²) in [4.78, 5) is 12.4. The molecule has 2 fully saturated rings. The first-order valence-corrected chi connectivity index (χ1v) is 9.27. The number of para-hydroxylation sites is 1. The molecule has 2 aliphatic rings. The predicted octanol–water partition coefficient (Wildman–Crippen LogP) is 4.18. The second-order valence-corrected chi connectivity index (χ2v) is 7.38. The lowest BCUT2D eigenvalue weighted by molar-refractivity contribution is -0.123. The normalized spacial score (nSPS) is 19.6. The van der Waals surface area contributed by atoms with Gasteiger partial charge in [0, 0.05) is 12.5 Å². The number of amides is 1. The molecular formula is C21H23ClF2N2O2. The van der Waals surface area contributed by atoms with Crippen LogP contribution in [-0.2, 0) is 11.3 Å². The van der Waals surface area contributed by atoms with E-state index in [1.165, 1.54) is 30.3 Å². The topological polar surface area (TPSA) is 50.4 Å². The Hall–Kier alpha value is -2.18. The lowest BCUT2D eigenvalue weighted by atomic mass is 9.92. The summed E-state index contributed by atoms with van der Waals surface area (Å²) in [6.45, 7) is 2.21. The Labute approximate surface area is 169 Å². The van der Waals surface area contributed by atoms with Gasteiger partial charge in [0.1, 0.15) is 0 Å². The largest absolute Gasteiger partial charge is 0.451 e. The standard InChI is InChI=1S/C21H22F2N2O2.ClH/c22-16-3-1-2-4-18(16)27-19-6-5-14(11-17(19)23)13-25-20(26)15-12-21(15)7-9-24-10-8-21;/h1-6,11,15,24H,7-10,12-13H2,(H,25,26);1H. The minimum absolute atomic E-state index is 0. The van der Waals surface area contributed by atoms with Gasteiger partial charge in [-0.3, -0.25) is 4.79 Å². The molecular weight excluding hydrogens is 386 g/mol. The minimum atomic E-state index is -0.591. The van der Waals surface area contributed by atoms with Gasteiger partial charge in [-0.2, -0.15) is 0 Å². The first kappa shape index (κ1) is 20.6. The highest BCUT2D eigenvalue weighted by molar-refractivity contribution is 5.85. The summed E-state index contributed by atoms with van der Waals surface area (Å²) in [5.41, 5.74) is 0.819. The van der Waals surface area contributed by atoms with Crippen molar-refractivity contribution in [2.45, 2.75) is 25.8 Å². The molecule has 1 aliphatic heterocycles. The Morgan fingerprint density at radius 3 is 2.54 bits per heavy atom. The van der Waals surface area contributed by atoms with E-state index in [0.717, 1.165) is 32.4 Å². The molecule has 1 spiro atoms. The molecule has 28 heavy (non-hydrogen) atoms. The zero-order chi connectivity index (χ0) is 18.9. The van der Waals surface area contributed by atoms with Crippen molar-refractivity contribution >= 4 is 18.3 Å². The number of ether oxygens (including phenoxy) is 1. The van der Waals surface area contributed by atoms with Crippen molar-refractivity contribution in [2.75, 3.05) is 13.1 Å². The third-order valence-electron chi connectivity index (χ3n) is 5.63. The predicted molar refractivity (Wildman–Crippen MR) is 105 cm³/mol. The highest BCUT2D eigenvalue weighted by atomic mass is 35.5. The van der Waals surface area contributed by atoms with Crippen LogP contribution >= 0.6 is 12.4 Å². The van der Waals surface area contributed by atoms with Crippen LogP contribution in [0.2, 0.25) is 0 Å². The quantitative estimate of drug-likeness (QED) is 0.780. The molecule has 1 saturated carbocycles. The Bertz CT molecular complexity index is 856. The maximum absolute atomic E-state index is 14.3. The number of carbonyl (C=O) groups is 1. The number of nitrogens with one attached hydrogen (secondary N) is 2. The van der Waals surface area contributed by atoms with Crippen LogP contribution in [0.15, 0.2) is 42.5 Å². The Morgan fingerprint density at radius 2 is 1.82 bits per heavy atom. The van der Waals surface area contributed by atoms with Gasteiger partial charge in [-0.25, -0.2) is 8.78 Å². The van der Waals surface area contributed by atoms with Gasteiger partial charge in [0.15, 0.2) is 23.1 Å². The van der Waals surface area contributed by atoms with Crippen molar-refractivity contribution in [3.63, 3.8) is 0 Å². The Balaban J connectivity index is 0.00000225. The van der Waals surface area contributed by atoms with Crippen molar-refractivity contribution in [2.24, 2.45) is 11.3 Å². The van der Waals surface area contributed by atoms with Gasteiger partial charge in [0.25, 0.3) is 0 Å². The van der Waals surface area contributed by atoms with Gasteiger partial charge >= 0.3 is 0 Å². The fourth-order valence-corrected chi connectivity index (χ4v) is 3.89. The maximum atomic E-state index is 14.3. The lowest BCUT2D eigenvalue weighted by Gasteiger charge is -2.23. The average molecular weight is 409 g/mol. The molecule has 1 unspecified atom stereocenters. The first-order chi connectivity index (χ1) is 13.1. The number of halogens is 3. The number of piperidine rings is 1. The molecule has 1 amide bonds. The van der Waals surface area contributed by atoms with Crippen LogP contribution in [0.25, 0.3) is 0 Å². The van der Waals surface area contributed by atoms with E-state index in [1.54, 1.807) is 12.1 Å². The molecule has 0 bridgehead atoms. The number of hydrogen-bond donors (Lipinski definition) is 2. The molecule has 1 atom stereocenters. The second kappa shape index (κ2) is 8.45. The molecule has 4 rings (SSSR count). The van der Waals surface area contributed by atoms with Crippen molar-refractivity contribution in [3.8, 4) is 11.5 Å². The second-order valence-electron chi connectivity index (χ2n) is 7.38. The fraction of sp³-hybridized carbons (Fsp3) is 0.381. The van der Waals surface area contributed by atoms with E-state index in [4.69, 9.17) is 4.74 Å². The third-order valence-corrected chi connectivity index (χ3v) is 5.63. The van der Waals surface area contributed by atoms with E-state index in [1.807, 2.05) is 0 Å². The number of benzene rings is 2. The van der Waals surface area contributed by atoms with Gasteiger partial charge in [0.05, 0.1) is 0 Å². The number of rotatable bonds is 5. The number of hydrogen-bond acceptors (Lipinski definition) is 3. The summed E-state index contributed by atoms with van der Waals surface area (Å²) in [6, 6.07) is 10.3. The Morgan fingerprint density at radius 1 is 1.11 bits per heavy atom.